The van der Waals surface area contributed by atoms with Gasteiger partial charge in [0.2, 0.25) is 0 Å². The number of hydrogen-bond acceptors (Lipinski definition) is 14. The van der Waals surface area contributed by atoms with E-state index in [9.17, 15) is 0 Å². The molecule has 26 rings (SSSR count). The summed E-state index contributed by atoms with van der Waals surface area (Å²) in [7, 11) is 0. The standard InChI is InChI=1S/C72H48N2S5.C60H40N2S5/c1-45-57(47-27-11-3-12-28-47)59(49-31-15-5-16-32-49)69(75-45)71-63(53-39-23-9-24-40-53)61(51-35-19-7-20-36-51)67(77-71)55-43-44-56(66-65(55)73-79-74-66)68-62(52-37-21-8-22-38-52)64(54-41-25-10-26-42-54)72(78-68)70-60(50-33-17-6-18-34-50)58(46(2)76-70)48-29-13-4-14-30-48;1-37-35-47(39-21-9-3-10-22-39)57(63-37)59-51(43-29-17-7-18-30-43)49(41-25-13-5-14-26-41)55(65-59)45-33-34-46(54-53(45)61-67-62-54)56-50(42-27-15-6-16-28-42)52(44-31-19-8-20-32-44)60(66-56)58-48(36-38(2)64-58)40-23-11-4-12-24-40/h3-44H,1-2H3;3-36H,1-2H3. The van der Waals surface area contributed by atoms with Gasteiger partial charge in [0, 0.05) is 139 Å². The highest BCUT2D eigenvalue weighted by Gasteiger charge is 2.37. The highest BCUT2D eigenvalue weighted by Crippen LogP contribution is 2.65. The Morgan fingerprint density at radius 1 is 0.130 bits per heavy atom. The van der Waals surface area contributed by atoms with Crippen molar-refractivity contribution in [2.45, 2.75) is 27.7 Å². The van der Waals surface area contributed by atoms with Crippen LogP contribution in [-0.4, -0.2) is 17.5 Å². The second-order valence-corrected chi connectivity index (χ2v) is 46.2. The van der Waals surface area contributed by atoms with Gasteiger partial charge < -0.3 is 0 Å². The van der Waals surface area contributed by atoms with E-state index in [1.807, 2.05) is 90.7 Å². The van der Waals surface area contributed by atoms with Crippen LogP contribution in [0.1, 0.15) is 19.5 Å². The van der Waals surface area contributed by atoms with Gasteiger partial charge in [0.15, 0.2) is 0 Å². The van der Waals surface area contributed by atoms with E-state index in [2.05, 4.69) is 489 Å². The number of rotatable bonds is 22. The van der Waals surface area contributed by atoms with Gasteiger partial charge in [-0.05, 0) is 118 Å². The molecule has 146 heavy (non-hydrogen) atoms. The Hall–Kier alpha value is -15.2. The van der Waals surface area contributed by atoms with Crippen molar-refractivity contribution >= 4 is 136 Å². The van der Waals surface area contributed by atoms with Crippen LogP contribution in [0.4, 0.5) is 0 Å². The molecule has 0 spiro atoms. The summed E-state index contributed by atoms with van der Waals surface area (Å²) in [4.78, 5) is 20.0. The fourth-order valence-corrected chi connectivity index (χ4v) is 32.4. The number of thiophene rings is 8. The van der Waals surface area contributed by atoms with E-state index >= 15 is 0 Å². The lowest BCUT2D eigenvalue weighted by Gasteiger charge is -2.13. The third-order valence-corrected chi connectivity index (χ3v) is 38.0. The van der Waals surface area contributed by atoms with Crippen LogP contribution in [0.5, 0.6) is 0 Å². The molecule has 4 nitrogen and oxygen atoms in total. The SMILES string of the molecule is Cc1cc(-c2ccccc2)c(-c2sc(-c3ccc(-c4sc(-c5sc(C)cc5-c5ccccc5)c(-c5ccccc5)c4-c4ccccc4)c4nsnc34)c(-c3ccccc3)c2-c2ccccc2)s1.Cc1sc(-c2sc(-c3ccc(-c4sc(-c5sc(C)c(-c6ccccc6)c5-c5ccccc5)c(-c5ccccc5)c4-c4ccccc4)c4nsnc34)c(-c3ccccc3)c2-c2ccccc2)c(-c2ccccc2)c1-c1ccccc1. The van der Waals surface area contributed by atoms with E-state index in [1.54, 1.807) is 0 Å². The molecule has 0 amide bonds. The van der Waals surface area contributed by atoms with Crippen molar-refractivity contribution in [3.05, 3.63) is 481 Å². The third-order valence-electron chi connectivity index (χ3n) is 27.1. The van der Waals surface area contributed by atoms with E-state index in [1.165, 1.54) is 246 Å². The molecule has 0 saturated carbocycles. The zero-order valence-electron chi connectivity index (χ0n) is 79.7. The van der Waals surface area contributed by atoms with Gasteiger partial charge in [0.25, 0.3) is 0 Å². The van der Waals surface area contributed by atoms with Crippen molar-refractivity contribution < 1.29 is 0 Å². The van der Waals surface area contributed by atoms with Crippen LogP contribution in [-0.2, 0) is 0 Å². The van der Waals surface area contributed by atoms with Crippen molar-refractivity contribution in [1.82, 2.24) is 17.5 Å². The molecule has 696 valence electrons. The molecule has 0 radical (unpaired) electrons. The average molecular weight is 2050 g/mol. The highest BCUT2D eigenvalue weighted by atomic mass is 32.1. The second-order valence-electron chi connectivity index (χ2n) is 36.1. The van der Waals surface area contributed by atoms with Gasteiger partial charge >= 0.3 is 0 Å². The lowest BCUT2D eigenvalue weighted by Crippen LogP contribution is -1.89. The molecule has 0 fully saturated rings. The fourth-order valence-electron chi connectivity index (χ4n) is 20.7. The van der Waals surface area contributed by atoms with Crippen LogP contribution in [0.15, 0.2) is 461 Å². The molecule has 0 saturated heterocycles. The first-order chi connectivity index (χ1) is 72.2. The van der Waals surface area contributed by atoms with Crippen molar-refractivity contribution in [3.63, 3.8) is 0 Å². The minimum Gasteiger partial charge on any atom is -0.172 e. The smallest absolute Gasteiger partial charge is 0.114 e. The van der Waals surface area contributed by atoms with E-state index < -0.39 is 0 Å². The summed E-state index contributed by atoms with van der Waals surface area (Å²) in [6.07, 6.45) is 0. The van der Waals surface area contributed by atoms with Gasteiger partial charge in [0.1, 0.15) is 22.1 Å². The van der Waals surface area contributed by atoms with Crippen LogP contribution in [0.2, 0.25) is 0 Å². The van der Waals surface area contributed by atoms with E-state index in [0.717, 1.165) is 55.4 Å². The molecule has 0 atom stereocenters. The number of benzene rings is 16. The molecule has 0 aliphatic heterocycles. The molecular formula is C132H88N4S10. The maximum absolute atomic E-state index is 5.32. The van der Waals surface area contributed by atoms with Crippen LogP contribution >= 0.6 is 114 Å². The topological polar surface area (TPSA) is 51.6 Å². The highest BCUT2D eigenvalue weighted by molar-refractivity contribution is 7.28. The first-order valence-electron chi connectivity index (χ1n) is 48.6. The Balaban J connectivity index is 0.000000154. The minimum atomic E-state index is 0.904. The molecule has 14 heteroatoms. The van der Waals surface area contributed by atoms with Gasteiger partial charge in [-0.15, -0.1) is 90.7 Å². The monoisotopic (exact) mass is 2050 g/mol. The van der Waals surface area contributed by atoms with Gasteiger partial charge in [-0.1, -0.05) is 449 Å². The lowest BCUT2D eigenvalue weighted by molar-refractivity contribution is 1.57. The minimum absolute atomic E-state index is 0.904. The lowest BCUT2D eigenvalue weighted by atomic mass is 9.89. The first kappa shape index (κ1) is 91.9. The molecular weight excluding hydrogens is 1960 g/mol. The van der Waals surface area contributed by atoms with Gasteiger partial charge in [-0.3, -0.25) is 0 Å². The molecule has 0 N–H and O–H groups in total. The van der Waals surface area contributed by atoms with E-state index in [4.69, 9.17) is 17.5 Å². The summed E-state index contributed by atoms with van der Waals surface area (Å²) in [5.41, 5.74) is 42.1. The number of hydrogen-bond donors (Lipinski definition) is 0. The fraction of sp³-hybridized carbons (Fsp3) is 0.0303. The molecule has 10 heterocycles. The number of nitrogens with zero attached hydrogens (tertiary/aromatic N) is 4. The maximum Gasteiger partial charge on any atom is 0.114 e. The number of aromatic nitrogens is 4. The molecule has 0 bridgehead atoms. The molecule has 0 unspecified atom stereocenters. The van der Waals surface area contributed by atoms with Crippen molar-refractivity contribution in [3.8, 4) is 237 Å². The Morgan fingerprint density at radius 3 is 0.473 bits per heavy atom. The molecule has 26 aromatic rings. The van der Waals surface area contributed by atoms with Crippen LogP contribution in [0.25, 0.3) is 259 Å². The molecule has 0 aliphatic carbocycles. The zero-order valence-corrected chi connectivity index (χ0v) is 87.9. The van der Waals surface area contributed by atoms with Gasteiger partial charge in [-0.25, -0.2) is 0 Å². The summed E-state index contributed by atoms with van der Waals surface area (Å²) < 4.78 is 21.1. The quantitative estimate of drug-likeness (QED) is 0.0679. The van der Waals surface area contributed by atoms with Gasteiger partial charge in [-0.2, -0.15) is 17.5 Å². The second kappa shape index (κ2) is 40.4. The Morgan fingerprint density at radius 2 is 0.281 bits per heavy atom. The molecule has 16 aromatic carbocycles. The average Bonchev–Trinajstić information content (AvgIpc) is 1.56. The van der Waals surface area contributed by atoms with Crippen LogP contribution in [0.3, 0.4) is 0 Å². The third kappa shape index (κ3) is 17.1. The van der Waals surface area contributed by atoms with Crippen molar-refractivity contribution in [1.29, 1.82) is 0 Å². The first-order valence-corrected chi connectivity index (χ1v) is 56.6. The Bertz CT molecular complexity index is 8660. The van der Waals surface area contributed by atoms with Crippen molar-refractivity contribution in [2.75, 3.05) is 0 Å². The summed E-state index contributed by atoms with van der Waals surface area (Å²) in [5.74, 6) is 0. The summed E-state index contributed by atoms with van der Waals surface area (Å²) >= 11 is 17.7. The zero-order chi connectivity index (χ0) is 97.7. The molecule has 0 aliphatic rings. The number of fused-ring (bicyclic) bond motifs is 2. The summed E-state index contributed by atoms with van der Waals surface area (Å²) in [6, 6.07) is 167. The number of aryl methyl sites for hydroxylation is 4. The molecule has 10 aromatic heterocycles. The van der Waals surface area contributed by atoms with E-state index in [0.29, 0.717) is 0 Å². The van der Waals surface area contributed by atoms with E-state index in [-0.39, 0.29) is 0 Å². The largest absolute Gasteiger partial charge is 0.172 e. The van der Waals surface area contributed by atoms with Gasteiger partial charge in [0.05, 0.1) is 62.5 Å². The predicted molar refractivity (Wildman–Crippen MR) is 636 cm³/mol. The van der Waals surface area contributed by atoms with Crippen LogP contribution in [0, 0.1) is 27.7 Å². The summed E-state index contributed by atoms with van der Waals surface area (Å²) in [6.45, 7) is 9.02. The summed E-state index contributed by atoms with van der Waals surface area (Å²) in [5, 5.41) is 0. The predicted octanol–water partition coefficient (Wildman–Crippen LogP) is 41.8. The Labute approximate surface area is 889 Å². The van der Waals surface area contributed by atoms with Crippen molar-refractivity contribution in [2.24, 2.45) is 0 Å². The normalized spacial score (nSPS) is 11.4. The van der Waals surface area contributed by atoms with Crippen LogP contribution < -0.4 is 0 Å². The maximum atomic E-state index is 5.32. The Kier molecular flexibility index (Phi) is 25.4.